The number of fused-ring (bicyclic) bond motifs is 2. The number of rotatable bonds is 5. The van der Waals surface area contributed by atoms with Gasteiger partial charge in [0.05, 0.1) is 19.3 Å². The van der Waals surface area contributed by atoms with Crippen molar-refractivity contribution in [3.63, 3.8) is 0 Å². The highest BCUT2D eigenvalue weighted by atomic mass is 16.7. The lowest BCUT2D eigenvalue weighted by atomic mass is 9.50. The number of hydrogen-bond acceptors (Lipinski definition) is 4. The molecule has 1 heterocycles. The second-order valence-corrected chi connectivity index (χ2v) is 11.8. The Hall–Kier alpha value is -0.160. The molecular formula is C25H45NO3. The van der Waals surface area contributed by atoms with Crippen LogP contribution in [0.15, 0.2) is 0 Å². The molecule has 4 heteroatoms. The summed E-state index contributed by atoms with van der Waals surface area (Å²) >= 11 is 0. The maximum absolute atomic E-state index is 11.2. The van der Waals surface area contributed by atoms with Gasteiger partial charge in [0.25, 0.3) is 0 Å². The van der Waals surface area contributed by atoms with Crippen molar-refractivity contribution in [1.29, 1.82) is 0 Å². The van der Waals surface area contributed by atoms with E-state index >= 15 is 0 Å². The third-order valence-corrected chi connectivity index (χ3v) is 9.58. The molecule has 1 saturated heterocycles. The van der Waals surface area contributed by atoms with Gasteiger partial charge < -0.3 is 19.9 Å². The summed E-state index contributed by atoms with van der Waals surface area (Å²) in [5.41, 5.74) is 0.151. The summed E-state index contributed by atoms with van der Waals surface area (Å²) < 4.78 is 12.6. The Morgan fingerprint density at radius 3 is 2.34 bits per heavy atom. The van der Waals surface area contributed by atoms with Crippen LogP contribution in [0.5, 0.6) is 0 Å². The SMILES string of the molecule is CC(C)CNC[C@H]1C2CCC3(OCCO3)[C@@]2(C)CCC1[C@@]1(C)CC[C@H](C)C[C@@H]1O. The molecule has 4 nitrogen and oxygen atoms in total. The molecule has 4 rings (SSSR count). The molecule has 0 amide bonds. The number of aliphatic hydroxyl groups is 1. The lowest BCUT2D eigenvalue weighted by Gasteiger charge is -2.57. The summed E-state index contributed by atoms with van der Waals surface area (Å²) in [5, 5.41) is 15.0. The van der Waals surface area contributed by atoms with Crippen LogP contribution < -0.4 is 5.32 Å². The van der Waals surface area contributed by atoms with E-state index in [0.29, 0.717) is 29.6 Å². The van der Waals surface area contributed by atoms with Gasteiger partial charge in [0.1, 0.15) is 0 Å². The third-order valence-electron chi connectivity index (χ3n) is 9.58. The maximum Gasteiger partial charge on any atom is 0.174 e. The van der Waals surface area contributed by atoms with Crippen molar-refractivity contribution < 1.29 is 14.6 Å². The quantitative estimate of drug-likeness (QED) is 0.699. The highest BCUT2D eigenvalue weighted by molar-refractivity contribution is 5.11. The Balaban J connectivity index is 1.60. The van der Waals surface area contributed by atoms with Gasteiger partial charge >= 0.3 is 0 Å². The number of nitrogens with one attached hydrogen (secondary N) is 1. The van der Waals surface area contributed by atoms with Crippen molar-refractivity contribution in [3.05, 3.63) is 0 Å². The summed E-state index contributed by atoms with van der Waals surface area (Å²) in [6.07, 6.45) is 7.83. The summed E-state index contributed by atoms with van der Waals surface area (Å²) in [6.45, 7) is 15.4. The predicted octanol–water partition coefficient (Wildman–Crippen LogP) is 4.60. The van der Waals surface area contributed by atoms with Crippen LogP contribution in [-0.4, -0.2) is 43.3 Å². The first-order valence-corrected chi connectivity index (χ1v) is 12.4. The van der Waals surface area contributed by atoms with Crippen LogP contribution in [0.4, 0.5) is 0 Å². The van der Waals surface area contributed by atoms with Crippen molar-refractivity contribution in [2.75, 3.05) is 26.3 Å². The molecule has 0 bridgehead atoms. The summed E-state index contributed by atoms with van der Waals surface area (Å²) in [4.78, 5) is 0. The van der Waals surface area contributed by atoms with E-state index in [1.54, 1.807) is 0 Å². The first-order chi connectivity index (χ1) is 13.7. The standard InChI is InChI=1S/C25H45NO3/c1-17(2)15-26-16-19-20(23(4)9-6-18(3)14-22(23)27)7-10-24(5)21(19)8-11-25(24)28-12-13-29-25/h17-22,26-27H,6-16H2,1-5H3/t18-,19+,20?,21?,22-,23+,24-/m0/s1. The van der Waals surface area contributed by atoms with E-state index in [0.717, 1.165) is 39.1 Å². The average Bonchev–Trinajstić information content (AvgIpc) is 3.25. The van der Waals surface area contributed by atoms with Crippen LogP contribution in [0.25, 0.3) is 0 Å². The minimum atomic E-state index is -0.348. The molecular weight excluding hydrogens is 362 g/mol. The van der Waals surface area contributed by atoms with E-state index in [2.05, 4.69) is 39.9 Å². The van der Waals surface area contributed by atoms with E-state index < -0.39 is 0 Å². The van der Waals surface area contributed by atoms with Gasteiger partial charge in [-0.15, -0.1) is 0 Å². The van der Waals surface area contributed by atoms with E-state index in [1.807, 2.05) is 0 Å². The van der Waals surface area contributed by atoms with Crippen LogP contribution >= 0.6 is 0 Å². The Labute approximate surface area is 178 Å². The number of hydrogen-bond donors (Lipinski definition) is 2. The molecule has 0 radical (unpaired) electrons. The molecule has 7 atom stereocenters. The second kappa shape index (κ2) is 8.07. The van der Waals surface area contributed by atoms with Crippen LogP contribution in [0, 0.1) is 40.4 Å². The largest absolute Gasteiger partial charge is 0.393 e. The third kappa shape index (κ3) is 3.60. The maximum atomic E-state index is 11.2. The molecule has 0 aromatic heterocycles. The fourth-order valence-corrected chi connectivity index (χ4v) is 7.74. The molecule has 0 aromatic carbocycles. The van der Waals surface area contributed by atoms with E-state index in [9.17, 15) is 5.11 Å². The summed E-state index contributed by atoms with van der Waals surface area (Å²) in [6, 6.07) is 0. The van der Waals surface area contributed by atoms with Crippen molar-refractivity contribution in [1.82, 2.24) is 5.32 Å². The topological polar surface area (TPSA) is 50.7 Å². The van der Waals surface area contributed by atoms with Crippen molar-refractivity contribution in [3.8, 4) is 0 Å². The second-order valence-electron chi connectivity index (χ2n) is 11.8. The smallest absolute Gasteiger partial charge is 0.174 e. The van der Waals surface area contributed by atoms with Crippen LogP contribution in [0.2, 0.25) is 0 Å². The number of ether oxygens (including phenoxy) is 2. The van der Waals surface area contributed by atoms with Crippen molar-refractivity contribution in [2.45, 2.75) is 91.5 Å². The van der Waals surface area contributed by atoms with Gasteiger partial charge in [-0.3, -0.25) is 0 Å². The van der Waals surface area contributed by atoms with Gasteiger partial charge in [-0.05, 0) is 86.6 Å². The monoisotopic (exact) mass is 407 g/mol. The normalized spacial score (nSPS) is 47.1. The minimum Gasteiger partial charge on any atom is -0.393 e. The van der Waals surface area contributed by atoms with Crippen LogP contribution in [-0.2, 0) is 9.47 Å². The predicted molar refractivity (Wildman–Crippen MR) is 117 cm³/mol. The van der Waals surface area contributed by atoms with E-state index in [1.165, 1.54) is 32.1 Å². The summed E-state index contributed by atoms with van der Waals surface area (Å²) in [5.74, 6) is 2.75. The lowest BCUT2D eigenvalue weighted by molar-refractivity contribution is -0.244. The fraction of sp³-hybridized carbons (Fsp3) is 1.00. The Bertz CT molecular complexity index is 574. The Morgan fingerprint density at radius 2 is 1.69 bits per heavy atom. The van der Waals surface area contributed by atoms with Crippen molar-refractivity contribution in [2.24, 2.45) is 40.4 Å². The first-order valence-electron chi connectivity index (χ1n) is 12.4. The molecule has 2 N–H and O–H groups in total. The highest BCUT2D eigenvalue weighted by Gasteiger charge is 2.66. The van der Waals surface area contributed by atoms with Crippen LogP contribution in [0.1, 0.15) is 79.6 Å². The molecule has 4 aliphatic rings. The molecule has 3 aliphatic carbocycles. The molecule has 29 heavy (non-hydrogen) atoms. The zero-order valence-corrected chi connectivity index (χ0v) is 19.5. The minimum absolute atomic E-state index is 0.0468. The van der Waals surface area contributed by atoms with Gasteiger partial charge in [-0.2, -0.15) is 0 Å². The Kier molecular flexibility index (Phi) is 6.14. The molecule has 0 aromatic rings. The van der Waals surface area contributed by atoms with Crippen LogP contribution in [0.3, 0.4) is 0 Å². The molecule has 1 aliphatic heterocycles. The zero-order chi connectivity index (χ0) is 20.9. The molecule has 3 saturated carbocycles. The first kappa shape index (κ1) is 22.0. The molecule has 2 unspecified atom stereocenters. The van der Waals surface area contributed by atoms with Gasteiger partial charge in [-0.1, -0.05) is 34.6 Å². The molecule has 168 valence electrons. The summed E-state index contributed by atoms with van der Waals surface area (Å²) in [7, 11) is 0. The van der Waals surface area contributed by atoms with Crippen molar-refractivity contribution >= 4 is 0 Å². The molecule has 1 spiro atoms. The van der Waals surface area contributed by atoms with E-state index in [-0.39, 0.29) is 22.7 Å². The Morgan fingerprint density at radius 1 is 1.00 bits per heavy atom. The lowest BCUT2D eigenvalue weighted by Crippen LogP contribution is -2.57. The fourth-order valence-electron chi connectivity index (χ4n) is 7.74. The van der Waals surface area contributed by atoms with Gasteiger partial charge in [0, 0.05) is 11.8 Å². The van der Waals surface area contributed by atoms with Gasteiger partial charge in [-0.25, -0.2) is 0 Å². The van der Waals surface area contributed by atoms with Gasteiger partial charge in [0.15, 0.2) is 5.79 Å². The van der Waals surface area contributed by atoms with E-state index in [4.69, 9.17) is 9.47 Å². The molecule has 4 fully saturated rings. The average molecular weight is 408 g/mol. The number of aliphatic hydroxyl groups excluding tert-OH is 1. The highest BCUT2D eigenvalue weighted by Crippen LogP contribution is 2.66. The zero-order valence-electron chi connectivity index (χ0n) is 19.5. The van der Waals surface area contributed by atoms with Gasteiger partial charge in [0.2, 0.25) is 0 Å².